The van der Waals surface area contributed by atoms with E-state index in [2.05, 4.69) is 64.6 Å². The Hall–Kier alpha value is -0.360. The number of rotatable bonds is 2. The van der Waals surface area contributed by atoms with Gasteiger partial charge in [-0.05, 0) is 26.1 Å². The number of pyridine rings is 1. The highest BCUT2D eigenvalue weighted by Crippen LogP contribution is 2.23. The molecule has 1 atom stereocenters. The normalized spacial score (nSPS) is 19.8. The molecule has 1 fully saturated rings. The van der Waals surface area contributed by atoms with Crippen molar-refractivity contribution in [1.29, 1.82) is 0 Å². The van der Waals surface area contributed by atoms with E-state index >= 15 is 0 Å². The second-order valence-electron chi connectivity index (χ2n) is 4.33. The highest BCUT2D eigenvalue weighted by molar-refractivity contribution is 14.1. The zero-order valence-corrected chi connectivity index (χ0v) is 12.0. The molecule has 1 aliphatic rings. The second-order valence-corrected chi connectivity index (χ2v) is 6.20. The number of likely N-dealkylation sites (N-methyl/N-ethyl adjacent to an activating group) is 1. The van der Waals surface area contributed by atoms with Crippen LogP contribution in [0.25, 0.3) is 0 Å². The second kappa shape index (κ2) is 5.31. The first-order chi connectivity index (χ1) is 7.66. The Morgan fingerprint density at radius 3 is 2.56 bits per heavy atom. The van der Waals surface area contributed by atoms with Crippen LogP contribution in [0.5, 0.6) is 0 Å². The fourth-order valence-electron chi connectivity index (χ4n) is 1.87. The first-order valence-corrected chi connectivity index (χ1v) is 6.96. The Morgan fingerprint density at radius 2 is 1.94 bits per heavy atom. The summed E-state index contributed by atoms with van der Waals surface area (Å²) < 4.78 is 0.477. The lowest BCUT2D eigenvalue weighted by Gasteiger charge is -2.33. The summed E-state index contributed by atoms with van der Waals surface area (Å²) in [7, 11) is 2.17. The van der Waals surface area contributed by atoms with Crippen molar-refractivity contribution < 1.29 is 0 Å². The molecular weight excluding hydrogens is 313 g/mol. The lowest BCUT2D eigenvalue weighted by Crippen LogP contribution is -2.44. The molecule has 0 saturated carbocycles. The first kappa shape index (κ1) is 12.1. The highest BCUT2D eigenvalue weighted by Gasteiger charge is 2.15. The van der Waals surface area contributed by atoms with E-state index in [1.807, 2.05) is 0 Å². The molecule has 4 heteroatoms. The van der Waals surface area contributed by atoms with Crippen molar-refractivity contribution >= 4 is 28.4 Å². The third-order valence-corrected chi connectivity index (χ3v) is 3.63. The van der Waals surface area contributed by atoms with Crippen LogP contribution in [-0.4, -0.2) is 43.1 Å². The lowest BCUT2D eigenvalue weighted by molar-refractivity contribution is 0.312. The predicted octanol–water partition coefficient (Wildman–Crippen LogP) is 2.33. The van der Waals surface area contributed by atoms with Crippen LogP contribution in [0.1, 0.15) is 16.5 Å². The molecule has 0 aromatic carbocycles. The molecule has 0 bridgehead atoms. The van der Waals surface area contributed by atoms with Crippen molar-refractivity contribution in [2.24, 2.45) is 0 Å². The summed E-state index contributed by atoms with van der Waals surface area (Å²) in [6.45, 7) is 6.61. The SMILES string of the molecule is C[C@@H](I)c1cccc(N2CCN(C)CC2)n1. The summed E-state index contributed by atoms with van der Waals surface area (Å²) in [5.41, 5.74) is 1.18. The molecule has 1 aliphatic heterocycles. The monoisotopic (exact) mass is 331 g/mol. The van der Waals surface area contributed by atoms with Gasteiger partial charge in [-0.3, -0.25) is 0 Å². The van der Waals surface area contributed by atoms with Gasteiger partial charge in [0.15, 0.2) is 0 Å². The van der Waals surface area contributed by atoms with Crippen molar-refractivity contribution in [3.8, 4) is 0 Å². The summed E-state index contributed by atoms with van der Waals surface area (Å²) in [6.07, 6.45) is 0. The van der Waals surface area contributed by atoms with Crippen LogP contribution in [0.4, 0.5) is 5.82 Å². The van der Waals surface area contributed by atoms with Crippen molar-refractivity contribution in [3.63, 3.8) is 0 Å². The number of alkyl halides is 1. The third kappa shape index (κ3) is 2.85. The number of hydrogen-bond donors (Lipinski definition) is 0. The van der Waals surface area contributed by atoms with Gasteiger partial charge in [-0.2, -0.15) is 0 Å². The van der Waals surface area contributed by atoms with Gasteiger partial charge in [0.1, 0.15) is 5.82 Å². The molecule has 88 valence electrons. The molecule has 1 aromatic rings. The molecular formula is C12H18IN3. The minimum atomic E-state index is 0.477. The predicted molar refractivity (Wildman–Crippen MR) is 76.4 cm³/mol. The van der Waals surface area contributed by atoms with Crippen LogP contribution < -0.4 is 4.90 Å². The molecule has 2 heterocycles. The Morgan fingerprint density at radius 1 is 1.25 bits per heavy atom. The summed E-state index contributed by atoms with van der Waals surface area (Å²) in [6, 6.07) is 6.34. The maximum absolute atomic E-state index is 4.72. The smallest absolute Gasteiger partial charge is 0.128 e. The fourth-order valence-corrected chi connectivity index (χ4v) is 2.22. The maximum atomic E-state index is 4.72. The van der Waals surface area contributed by atoms with Crippen molar-refractivity contribution in [3.05, 3.63) is 23.9 Å². The van der Waals surface area contributed by atoms with Crippen LogP contribution in [0.2, 0.25) is 0 Å². The van der Waals surface area contributed by atoms with Gasteiger partial charge in [-0.15, -0.1) is 0 Å². The molecule has 1 saturated heterocycles. The van der Waals surface area contributed by atoms with Crippen LogP contribution in [0.15, 0.2) is 18.2 Å². The summed E-state index contributed by atoms with van der Waals surface area (Å²) in [5, 5.41) is 0. The molecule has 0 aliphatic carbocycles. The molecule has 3 nitrogen and oxygen atoms in total. The number of nitrogens with zero attached hydrogens (tertiary/aromatic N) is 3. The van der Waals surface area contributed by atoms with Gasteiger partial charge >= 0.3 is 0 Å². The Balaban J connectivity index is 2.11. The van der Waals surface area contributed by atoms with Gasteiger partial charge in [0.25, 0.3) is 0 Å². The van der Waals surface area contributed by atoms with E-state index in [-0.39, 0.29) is 0 Å². The summed E-state index contributed by atoms with van der Waals surface area (Å²) in [4.78, 5) is 9.46. The minimum absolute atomic E-state index is 0.477. The quantitative estimate of drug-likeness (QED) is 0.613. The van der Waals surface area contributed by atoms with Gasteiger partial charge in [-0.25, -0.2) is 4.98 Å². The van der Waals surface area contributed by atoms with E-state index in [0.717, 1.165) is 32.0 Å². The summed E-state index contributed by atoms with van der Waals surface area (Å²) >= 11 is 2.41. The number of hydrogen-bond acceptors (Lipinski definition) is 3. The van der Waals surface area contributed by atoms with Crippen LogP contribution in [0.3, 0.4) is 0 Å². The van der Waals surface area contributed by atoms with Crippen molar-refractivity contribution in [2.75, 3.05) is 38.1 Å². The van der Waals surface area contributed by atoms with Crippen molar-refractivity contribution in [1.82, 2.24) is 9.88 Å². The number of anilines is 1. The van der Waals surface area contributed by atoms with Crippen LogP contribution in [0, 0.1) is 0 Å². The van der Waals surface area contributed by atoms with Gasteiger partial charge < -0.3 is 9.80 Å². The average molecular weight is 331 g/mol. The fraction of sp³-hybridized carbons (Fsp3) is 0.583. The highest BCUT2D eigenvalue weighted by atomic mass is 127. The maximum Gasteiger partial charge on any atom is 0.128 e. The van der Waals surface area contributed by atoms with Gasteiger partial charge in [0.2, 0.25) is 0 Å². The van der Waals surface area contributed by atoms with E-state index < -0.39 is 0 Å². The Labute approximate surface area is 111 Å². The van der Waals surface area contributed by atoms with E-state index in [1.165, 1.54) is 5.69 Å². The first-order valence-electron chi connectivity index (χ1n) is 5.71. The molecule has 0 amide bonds. The van der Waals surface area contributed by atoms with Crippen LogP contribution >= 0.6 is 22.6 Å². The molecule has 16 heavy (non-hydrogen) atoms. The van der Waals surface area contributed by atoms with Gasteiger partial charge in [-0.1, -0.05) is 28.7 Å². The van der Waals surface area contributed by atoms with Crippen molar-refractivity contribution in [2.45, 2.75) is 10.8 Å². The van der Waals surface area contributed by atoms with E-state index in [1.54, 1.807) is 0 Å². The lowest BCUT2D eigenvalue weighted by atomic mass is 10.2. The molecule has 0 unspecified atom stereocenters. The standard InChI is InChI=1S/C12H18IN3/c1-10(13)11-4-3-5-12(14-11)16-8-6-15(2)7-9-16/h3-5,10H,6-9H2,1-2H3/t10-/m1/s1. The largest absolute Gasteiger partial charge is 0.354 e. The molecule has 0 spiro atoms. The molecule has 2 rings (SSSR count). The third-order valence-electron chi connectivity index (χ3n) is 2.99. The van der Waals surface area contributed by atoms with Gasteiger partial charge in [0, 0.05) is 26.2 Å². The molecule has 0 N–H and O–H groups in total. The zero-order chi connectivity index (χ0) is 11.5. The topological polar surface area (TPSA) is 19.4 Å². The number of piperazine rings is 1. The van der Waals surface area contributed by atoms with E-state index in [4.69, 9.17) is 4.98 Å². The molecule has 1 aromatic heterocycles. The van der Waals surface area contributed by atoms with E-state index in [9.17, 15) is 0 Å². The summed E-state index contributed by atoms with van der Waals surface area (Å²) in [5.74, 6) is 1.13. The van der Waals surface area contributed by atoms with Gasteiger partial charge in [0.05, 0.1) is 9.62 Å². The zero-order valence-electron chi connectivity index (χ0n) is 9.86. The van der Waals surface area contributed by atoms with E-state index in [0.29, 0.717) is 3.92 Å². The number of halogens is 1. The Bertz CT molecular complexity index is 346. The number of aromatic nitrogens is 1. The Kier molecular flexibility index (Phi) is 4.02. The average Bonchev–Trinajstić information content (AvgIpc) is 2.30. The molecule has 0 radical (unpaired) electrons. The minimum Gasteiger partial charge on any atom is -0.354 e. The van der Waals surface area contributed by atoms with Crippen LogP contribution in [-0.2, 0) is 0 Å².